The van der Waals surface area contributed by atoms with Gasteiger partial charge in [-0.2, -0.15) is 4.31 Å². The molecule has 0 radical (unpaired) electrons. The van der Waals surface area contributed by atoms with Gasteiger partial charge in [0, 0.05) is 37.2 Å². The summed E-state index contributed by atoms with van der Waals surface area (Å²) < 4.78 is 32.0. The van der Waals surface area contributed by atoms with Crippen molar-refractivity contribution in [2.24, 2.45) is 0 Å². The third-order valence-corrected chi connectivity index (χ3v) is 6.64. The number of benzene rings is 2. The van der Waals surface area contributed by atoms with Gasteiger partial charge in [-0.3, -0.25) is 9.59 Å². The third-order valence-electron chi connectivity index (χ3n) is 5.07. The smallest absolute Gasteiger partial charge is 0.251 e. The minimum absolute atomic E-state index is 0.0395. The first-order valence-electron chi connectivity index (χ1n) is 10.8. The van der Waals surface area contributed by atoms with Gasteiger partial charge in [-0.25, -0.2) is 8.42 Å². The molecule has 0 aliphatic carbocycles. The summed E-state index contributed by atoms with van der Waals surface area (Å²) in [4.78, 5) is 26.4. The highest BCUT2D eigenvalue weighted by atomic mass is 32.2. The van der Waals surface area contributed by atoms with Crippen molar-refractivity contribution in [1.29, 1.82) is 0 Å². The highest BCUT2D eigenvalue weighted by Gasteiger charge is 2.27. The fourth-order valence-electron chi connectivity index (χ4n) is 3.33. The number of nitrogens with zero attached hydrogens (tertiary/aromatic N) is 2. The Bertz CT molecular complexity index is 1070. The van der Waals surface area contributed by atoms with E-state index in [2.05, 4.69) is 5.32 Å². The van der Waals surface area contributed by atoms with Crippen LogP contribution in [0.4, 0.5) is 0 Å². The van der Waals surface area contributed by atoms with Gasteiger partial charge in [-0.1, -0.05) is 30.3 Å². The number of piperazine rings is 1. The lowest BCUT2D eigenvalue weighted by atomic mass is 10.2. The standard InChI is InChI=1S/C24H29N3O5S/c1-19(2)32-22-10-8-21(9-11-22)24(29)25-18-23(28)26-13-15-27(16-14-26)33(30,31)17-12-20-6-4-3-5-7-20/h3-12,17,19H,13-16,18H2,1-2H3,(H,25,29). The van der Waals surface area contributed by atoms with Gasteiger partial charge in [0.2, 0.25) is 15.9 Å². The van der Waals surface area contributed by atoms with Gasteiger partial charge < -0.3 is 15.0 Å². The van der Waals surface area contributed by atoms with Crippen molar-refractivity contribution in [3.05, 3.63) is 71.1 Å². The van der Waals surface area contributed by atoms with Gasteiger partial charge >= 0.3 is 0 Å². The van der Waals surface area contributed by atoms with E-state index in [-0.39, 0.29) is 50.6 Å². The first-order valence-corrected chi connectivity index (χ1v) is 12.3. The second-order valence-electron chi connectivity index (χ2n) is 7.91. The van der Waals surface area contributed by atoms with E-state index in [1.165, 1.54) is 9.71 Å². The fraction of sp³-hybridized carbons (Fsp3) is 0.333. The van der Waals surface area contributed by atoms with E-state index in [1.54, 1.807) is 35.2 Å². The van der Waals surface area contributed by atoms with Gasteiger partial charge in [-0.05, 0) is 49.8 Å². The molecule has 0 spiro atoms. The molecule has 0 unspecified atom stereocenters. The van der Waals surface area contributed by atoms with Crippen molar-refractivity contribution >= 4 is 27.9 Å². The van der Waals surface area contributed by atoms with E-state index in [0.29, 0.717) is 11.3 Å². The number of hydrogen-bond acceptors (Lipinski definition) is 5. The molecule has 8 nitrogen and oxygen atoms in total. The maximum Gasteiger partial charge on any atom is 0.251 e. The molecule has 1 saturated heterocycles. The molecule has 1 aliphatic rings. The number of rotatable bonds is 8. The monoisotopic (exact) mass is 471 g/mol. The van der Waals surface area contributed by atoms with Crippen LogP contribution in [0, 0.1) is 0 Å². The molecule has 0 saturated carbocycles. The Morgan fingerprint density at radius 2 is 1.64 bits per heavy atom. The number of amides is 2. The second kappa shape index (κ2) is 11.1. The fourth-order valence-corrected chi connectivity index (χ4v) is 4.51. The summed E-state index contributed by atoms with van der Waals surface area (Å²) in [5.41, 5.74) is 1.23. The summed E-state index contributed by atoms with van der Waals surface area (Å²) in [5, 5.41) is 3.81. The molecule has 1 N–H and O–H groups in total. The normalized spacial score (nSPS) is 15.1. The zero-order valence-electron chi connectivity index (χ0n) is 18.8. The lowest BCUT2D eigenvalue weighted by Gasteiger charge is -2.33. The minimum Gasteiger partial charge on any atom is -0.491 e. The molecule has 0 bridgehead atoms. The van der Waals surface area contributed by atoms with Crippen LogP contribution in [-0.2, 0) is 14.8 Å². The first kappa shape index (κ1) is 24.5. The molecule has 3 rings (SSSR count). The number of ether oxygens (including phenoxy) is 1. The Labute approximate surface area is 194 Å². The highest BCUT2D eigenvalue weighted by molar-refractivity contribution is 7.92. The quantitative estimate of drug-likeness (QED) is 0.638. The van der Waals surface area contributed by atoms with Crippen LogP contribution in [-0.4, -0.2) is 68.3 Å². The Morgan fingerprint density at radius 1 is 1.00 bits per heavy atom. The molecule has 2 aromatic rings. The number of sulfonamides is 1. The van der Waals surface area contributed by atoms with Crippen molar-refractivity contribution in [2.75, 3.05) is 32.7 Å². The van der Waals surface area contributed by atoms with Gasteiger partial charge in [0.1, 0.15) is 5.75 Å². The molecule has 1 aliphatic heterocycles. The van der Waals surface area contributed by atoms with E-state index < -0.39 is 10.0 Å². The van der Waals surface area contributed by atoms with E-state index in [1.807, 2.05) is 44.2 Å². The lowest BCUT2D eigenvalue weighted by molar-refractivity contribution is -0.131. The van der Waals surface area contributed by atoms with Crippen LogP contribution in [0.15, 0.2) is 60.0 Å². The van der Waals surface area contributed by atoms with E-state index >= 15 is 0 Å². The first-order chi connectivity index (χ1) is 15.7. The van der Waals surface area contributed by atoms with E-state index in [9.17, 15) is 18.0 Å². The predicted molar refractivity (Wildman–Crippen MR) is 127 cm³/mol. The minimum atomic E-state index is -3.57. The van der Waals surface area contributed by atoms with Crippen LogP contribution in [0.2, 0.25) is 0 Å². The molecule has 1 heterocycles. The van der Waals surface area contributed by atoms with Crippen molar-refractivity contribution in [2.45, 2.75) is 20.0 Å². The molecule has 2 amide bonds. The maximum absolute atomic E-state index is 12.6. The number of carbonyl (C=O) groups excluding carboxylic acids is 2. The van der Waals surface area contributed by atoms with Crippen molar-refractivity contribution in [3.63, 3.8) is 0 Å². The van der Waals surface area contributed by atoms with Crippen LogP contribution >= 0.6 is 0 Å². The van der Waals surface area contributed by atoms with E-state index in [4.69, 9.17) is 4.74 Å². The van der Waals surface area contributed by atoms with Crippen molar-refractivity contribution in [3.8, 4) is 5.75 Å². The Morgan fingerprint density at radius 3 is 2.24 bits per heavy atom. The molecular weight excluding hydrogens is 442 g/mol. The maximum atomic E-state index is 12.6. The molecule has 176 valence electrons. The summed E-state index contributed by atoms with van der Waals surface area (Å²) >= 11 is 0. The largest absolute Gasteiger partial charge is 0.491 e. The van der Waals surface area contributed by atoms with Crippen LogP contribution < -0.4 is 10.1 Å². The second-order valence-corrected chi connectivity index (χ2v) is 9.73. The Balaban J connectivity index is 1.46. The van der Waals surface area contributed by atoms with Crippen LogP contribution in [0.1, 0.15) is 29.8 Å². The van der Waals surface area contributed by atoms with Gasteiger partial charge in [-0.15, -0.1) is 0 Å². The molecular formula is C24H29N3O5S. The van der Waals surface area contributed by atoms with Gasteiger partial charge in [0.25, 0.3) is 5.91 Å². The Kier molecular flexibility index (Phi) is 8.24. The van der Waals surface area contributed by atoms with Crippen LogP contribution in [0.3, 0.4) is 0 Å². The highest BCUT2D eigenvalue weighted by Crippen LogP contribution is 2.14. The molecule has 9 heteroatoms. The number of carbonyl (C=O) groups is 2. The average Bonchev–Trinajstić information content (AvgIpc) is 2.82. The average molecular weight is 472 g/mol. The van der Waals surface area contributed by atoms with Crippen LogP contribution in [0.25, 0.3) is 6.08 Å². The summed E-state index contributed by atoms with van der Waals surface area (Å²) in [7, 11) is -3.57. The zero-order valence-corrected chi connectivity index (χ0v) is 19.6. The summed E-state index contributed by atoms with van der Waals surface area (Å²) in [6.07, 6.45) is 1.60. The van der Waals surface area contributed by atoms with Gasteiger partial charge in [0.15, 0.2) is 0 Å². The predicted octanol–water partition coefficient (Wildman–Crippen LogP) is 2.35. The third kappa shape index (κ3) is 7.16. The lowest BCUT2D eigenvalue weighted by Crippen LogP contribution is -2.52. The SMILES string of the molecule is CC(C)Oc1ccc(C(=O)NCC(=O)N2CCN(S(=O)(=O)C=Cc3ccccc3)CC2)cc1. The summed E-state index contributed by atoms with van der Waals surface area (Å²) in [5.74, 6) is 0.0655. The van der Waals surface area contributed by atoms with Crippen LogP contribution in [0.5, 0.6) is 5.75 Å². The van der Waals surface area contributed by atoms with E-state index in [0.717, 1.165) is 5.56 Å². The van der Waals surface area contributed by atoms with Gasteiger partial charge in [0.05, 0.1) is 12.6 Å². The number of hydrogen-bond donors (Lipinski definition) is 1. The molecule has 0 atom stereocenters. The topological polar surface area (TPSA) is 96.0 Å². The number of nitrogens with one attached hydrogen (secondary N) is 1. The van der Waals surface area contributed by atoms with Crippen molar-refractivity contribution < 1.29 is 22.7 Å². The summed E-state index contributed by atoms with van der Waals surface area (Å²) in [6.45, 7) is 4.65. The molecule has 33 heavy (non-hydrogen) atoms. The van der Waals surface area contributed by atoms with Crippen molar-refractivity contribution in [1.82, 2.24) is 14.5 Å². The molecule has 0 aromatic heterocycles. The zero-order chi connectivity index (χ0) is 23.8. The molecule has 2 aromatic carbocycles. The Hall–Kier alpha value is -3.17. The molecule has 1 fully saturated rings. The summed E-state index contributed by atoms with van der Waals surface area (Å²) in [6, 6.07) is 15.9.